The molecular weight excluding hydrogens is 374 g/mol. The van der Waals surface area contributed by atoms with E-state index in [1.807, 2.05) is 66.7 Å². The van der Waals surface area contributed by atoms with Crippen LogP contribution < -0.4 is 5.73 Å². The van der Waals surface area contributed by atoms with Gasteiger partial charge in [-0.2, -0.15) is 0 Å². The van der Waals surface area contributed by atoms with Gasteiger partial charge in [0.2, 0.25) is 0 Å². The van der Waals surface area contributed by atoms with Crippen molar-refractivity contribution < 1.29 is 0 Å². The van der Waals surface area contributed by atoms with Gasteiger partial charge in [-0.1, -0.05) is 152 Å². The molecule has 0 saturated heterocycles. The van der Waals surface area contributed by atoms with Crippen molar-refractivity contribution >= 4 is 0 Å². The van der Waals surface area contributed by atoms with Gasteiger partial charge in [0.05, 0.1) is 0 Å². The molecule has 0 saturated carbocycles. The van der Waals surface area contributed by atoms with Gasteiger partial charge in [0.25, 0.3) is 0 Å². The van der Waals surface area contributed by atoms with E-state index in [9.17, 15) is 0 Å². The average molecular weight is 428 g/mol. The third-order valence-corrected chi connectivity index (χ3v) is 3.23. The molecule has 0 aromatic heterocycles. The molecule has 1 nitrogen and oxygen atoms in total. The number of rotatable bonds is 5. The first-order valence-electron chi connectivity index (χ1n) is 12.0. The van der Waals surface area contributed by atoms with Crippen LogP contribution in [0.2, 0.25) is 0 Å². The number of benzene rings is 1. The van der Waals surface area contributed by atoms with Crippen molar-refractivity contribution in [1.29, 1.82) is 0 Å². The largest absolute Gasteiger partial charge is 0.327 e. The summed E-state index contributed by atoms with van der Waals surface area (Å²) >= 11 is 0. The van der Waals surface area contributed by atoms with Crippen LogP contribution in [0.3, 0.4) is 0 Å². The van der Waals surface area contributed by atoms with E-state index in [0.29, 0.717) is 6.54 Å². The standard InChI is InChI=1S/C11H15N.C10H12.C3H8.3C2H6/c1-9-4-3-5-11(6-9)7-10(2)8-12;1-9(2)8-10-6-4-3-5-7-10;1-3-2;3*1-2/h3-5H,1-2,6-8,12H2;3-7H,1,8H2,2H3;3H2,1-2H3;3*1-2H3. The monoisotopic (exact) mass is 427 g/mol. The fourth-order valence-corrected chi connectivity index (χ4v) is 2.19. The van der Waals surface area contributed by atoms with Crippen molar-refractivity contribution in [2.24, 2.45) is 5.73 Å². The van der Waals surface area contributed by atoms with Crippen molar-refractivity contribution in [1.82, 2.24) is 0 Å². The van der Waals surface area contributed by atoms with E-state index in [-0.39, 0.29) is 0 Å². The number of nitrogens with two attached hydrogens (primary N) is 1. The topological polar surface area (TPSA) is 26.0 Å². The molecule has 0 spiro atoms. The van der Waals surface area contributed by atoms with Crippen LogP contribution in [0.25, 0.3) is 0 Å². The SMILES string of the molecule is C=C(C)Cc1ccccc1.C=C1C=CC=C(CC(=C)CN)C1.CC.CC.CC.CCC. The van der Waals surface area contributed by atoms with Gasteiger partial charge in [-0.15, -0.1) is 0 Å². The maximum Gasteiger partial charge on any atom is 0.0137 e. The molecule has 0 amide bonds. The van der Waals surface area contributed by atoms with Crippen LogP contribution >= 0.6 is 0 Å². The summed E-state index contributed by atoms with van der Waals surface area (Å²) < 4.78 is 0. The molecule has 2 rings (SSSR count). The highest BCUT2D eigenvalue weighted by atomic mass is 14.5. The lowest BCUT2D eigenvalue weighted by atomic mass is 9.96. The van der Waals surface area contributed by atoms with Crippen LogP contribution in [0.1, 0.15) is 87.1 Å². The summed E-state index contributed by atoms with van der Waals surface area (Å²) in [6, 6.07) is 10.4. The minimum absolute atomic E-state index is 0.577. The second kappa shape index (κ2) is 30.1. The second-order valence-corrected chi connectivity index (χ2v) is 6.48. The summed E-state index contributed by atoms with van der Waals surface area (Å²) in [6.45, 7) is 30.5. The molecule has 0 unspecified atom stereocenters. The lowest BCUT2D eigenvalue weighted by Gasteiger charge is -2.11. The highest BCUT2D eigenvalue weighted by Crippen LogP contribution is 2.21. The lowest BCUT2D eigenvalue weighted by Crippen LogP contribution is -2.03. The third kappa shape index (κ3) is 27.9. The Labute approximate surface area is 196 Å². The lowest BCUT2D eigenvalue weighted by molar-refractivity contribution is 0.974. The average Bonchev–Trinajstić information content (AvgIpc) is 2.79. The highest BCUT2D eigenvalue weighted by molar-refractivity contribution is 5.34. The molecule has 2 N–H and O–H groups in total. The second-order valence-electron chi connectivity index (χ2n) is 6.48. The number of allylic oxidation sites excluding steroid dienone is 6. The third-order valence-electron chi connectivity index (χ3n) is 3.23. The number of hydrogen-bond donors (Lipinski definition) is 1. The molecule has 0 aliphatic heterocycles. The van der Waals surface area contributed by atoms with Gasteiger partial charge in [-0.05, 0) is 31.7 Å². The summed E-state index contributed by atoms with van der Waals surface area (Å²) in [5.74, 6) is 0. The van der Waals surface area contributed by atoms with E-state index in [4.69, 9.17) is 5.73 Å². The smallest absolute Gasteiger partial charge is 0.0137 e. The fourth-order valence-electron chi connectivity index (χ4n) is 2.19. The van der Waals surface area contributed by atoms with Gasteiger partial charge < -0.3 is 5.73 Å². The molecule has 31 heavy (non-hydrogen) atoms. The first-order valence-corrected chi connectivity index (χ1v) is 12.0. The predicted octanol–water partition coefficient (Wildman–Crippen LogP) is 9.63. The van der Waals surface area contributed by atoms with Crippen LogP contribution in [0.5, 0.6) is 0 Å². The summed E-state index contributed by atoms with van der Waals surface area (Å²) in [7, 11) is 0. The summed E-state index contributed by atoms with van der Waals surface area (Å²) in [6.07, 6.45) is 10.3. The Morgan fingerprint density at radius 3 is 1.77 bits per heavy atom. The van der Waals surface area contributed by atoms with Gasteiger partial charge in [0.15, 0.2) is 0 Å². The quantitative estimate of drug-likeness (QED) is 0.465. The van der Waals surface area contributed by atoms with Crippen molar-refractivity contribution in [3.05, 3.63) is 96.2 Å². The van der Waals surface area contributed by atoms with Crippen molar-refractivity contribution in [3.8, 4) is 0 Å². The van der Waals surface area contributed by atoms with Crippen LogP contribution in [-0.4, -0.2) is 6.54 Å². The van der Waals surface area contributed by atoms with Gasteiger partial charge in [0.1, 0.15) is 0 Å². The van der Waals surface area contributed by atoms with E-state index in [1.54, 1.807) is 0 Å². The molecule has 0 radical (unpaired) electrons. The molecule has 0 heterocycles. The minimum Gasteiger partial charge on any atom is -0.327 e. The first kappa shape index (κ1) is 36.3. The zero-order valence-electron chi connectivity index (χ0n) is 22.4. The molecule has 1 aromatic carbocycles. The molecule has 0 bridgehead atoms. The van der Waals surface area contributed by atoms with E-state index < -0.39 is 0 Å². The van der Waals surface area contributed by atoms with E-state index in [0.717, 1.165) is 30.4 Å². The molecule has 178 valence electrons. The van der Waals surface area contributed by atoms with Gasteiger partial charge in [-0.3, -0.25) is 0 Å². The Kier molecular flexibility index (Phi) is 35.2. The Bertz CT molecular complexity index is 588. The van der Waals surface area contributed by atoms with E-state index in [1.165, 1.54) is 23.1 Å². The first-order chi connectivity index (χ1) is 14.9. The Hall–Kier alpha value is -2.12. The van der Waals surface area contributed by atoms with E-state index >= 15 is 0 Å². The van der Waals surface area contributed by atoms with E-state index in [2.05, 4.69) is 63.9 Å². The van der Waals surface area contributed by atoms with Gasteiger partial charge in [-0.25, -0.2) is 0 Å². The summed E-state index contributed by atoms with van der Waals surface area (Å²) in [5.41, 5.74) is 11.6. The fraction of sp³-hybridized carbons (Fsp3) is 0.467. The Morgan fingerprint density at radius 1 is 0.903 bits per heavy atom. The van der Waals surface area contributed by atoms with Crippen LogP contribution in [0.4, 0.5) is 0 Å². The molecule has 1 aliphatic rings. The highest BCUT2D eigenvalue weighted by Gasteiger charge is 2.03. The normalized spacial score (nSPS) is 10.4. The van der Waals surface area contributed by atoms with Crippen LogP contribution in [0.15, 0.2) is 90.6 Å². The summed E-state index contributed by atoms with van der Waals surface area (Å²) in [4.78, 5) is 0. The molecular formula is C30H53N. The van der Waals surface area contributed by atoms with Crippen molar-refractivity contribution in [3.63, 3.8) is 0 Å². The van der Waals surface area contributed by atoms with Gasteiger partial charge in [0, 0.05) is 6.54 Å². The maximum atomic E-state index is 5.46. The Balaban J connectivity index is -0.000000173. The zero-order valence-corrected chi connectivity index (χ0v) is 22.4. The van der Waals surface area contributed by atoms with Crippen LogP contribution in [-0.2, 0) is 6.42 Å². The minimum atomic E-state index is 0.577. The predicted molar refractivity (Wildman–Crippen MR) is 149 cm³/mol. The molecule has 0 atom stereocenters. The van der Waals surface area contributed by atoms with Crippen molar-refractivity contribution in [2.45, 2.75) is 88.0 Å². The summed E-state index contributed by atoms with van der Waals surface area (Å²) in [5, 5.41) is 0. The zero-order chi connectivity index (χ0) is 25.1. The Morgan fingerprint density at radius 2 is 1.39 bits per heavy atom. The molecule has 0 fully saturated rings. The van der Waals surface area contributed by atoms with Gasteiger partial charge >= 0.3 is 0 Å². The van der Waals surface area contributed by atoms with Crippen LogP contribution in [0, 0.1) is 0 Å². The molecule has 1 heteroatoms. The molecule has 1 aliphatic carbocycles. The molecule has 1 aromatic rings. The maximum absolute atomic E-state index is 5.46. The van der Waals surface area contributed by atoms with Crippen molar-refractivity contribution in [2.75, 3.05) is 6.54 Å². The number of hydrogen-bond acceptors (Lipinski definition) is 1.